The van der Waals surface area contributed by atoms with Crippen molar-refractivity contribution in [2.24, 2.45) is 0 Å². The maximum atomic E-state index is 13.1. The van der Waals surface area contributed by atoms with Crippen LogP contribution in [0.2, 0.25) is 0 Å². The molecule has 0 unspecified atom stereocenters. The molecule has 4 aromatic rings. The van der Waals surface area contributed by atoms with Crippen molar-refractivity contribution < 1.29 is 22.8 Å². The molecule has 0 aliphatic carbocycles. The average Bonchev–Trinajstić information content (AvgIpc) is 3.27. The Morgan fingerprint density at radius 1 is 1.00 bits per heavy atom. The van der Waals surface area contributed by atoms with Gasteiger partial charge in [-0.2, -0.15) is 17.5 Å². The third-order valence-corrected chi connectivity index (χ3v) is 6.70. The molecule has 0 spiro atoms. The molecule has 2 heterocycles. The largest absolute Gasteiger partial charge is 0.401 e. The third kappa shape index (κ3) is 7.73. The summed E-state index contributed by atoms with van der Waals surface area (Å²) in [6.07, 6.45) is -2.13. The number of fused-ring (bicyclic) bond motifs is 1. The Bertz CT molecular complexity index is 1480. The van der Waals surface area contributed by atoms with Crippen molar-refractivity contribution in [1.82, 2.24) is 24.6 Å². The lowest BCUT2D eigenvalue weighted by Gasteiger charge is -2.23. The Morgan fingerprint density at radius 2 is 1.73 bits per heavy atom. The van der Waals surface area contributed by atoms with Crippen LogP contribution >= 0.6 is 11.5 Å². The fourth-order valence-electron chi connectivity index (χ4n) is 4.02. The number of aryl methyl sites for hydroxylation is 1. The van der Waals surface area contributed by atoms with Gasteiger partial charge in [0.15, 0.2) is 0 Å². The standard InChI is InChI=1S/C27H28F3N7O2S/c1-3-13-37(16-27(28,29)30)14-12-31-24(38)18-8-10-19(11-9-18)33-25(39)23-17(2)36-40-26(23)35-22-15-32-20-6-4-5-7-21(20)34-22/h4-11,15H,3,12-14,16H2,1-2H3,(H,31,38)(H,33,39)(H,34,35). The number of benzene rings is 2. The molecule has 0 aliphatic heterocycles. The zero-order valence-electron chi connectivity index (χ0n) is 21.9. The Balaban J connectivity index is 1.35. The van der Waals surface area contributed by atoms with E-state index < -0.39 is 18.6 Å². The lowest BCUT2D eigenvalue weighted by Crippen LogP contribution is -2.40. The van der Waals surface area contributed by atoms with Gasteiger partial charge in [-0.3, -0.25) is 19.5 Å². The Morgan fingerprint density at radius 3 is 2.42 bits per heavy atom. The van der Waals surface area contributed by atoms with Gasteiger partial charge in [0.2, 0.25) is 0 Å². The first-order chi connectivity index (χ1) is 19.1. The number of carbonyl (C=O) groups excluding carboxylic acids is 2. The van der Waals surface area contributed by atoms with Crippen LogP contribution in [0.25, 0.3) is 11.0 Å². The zero-order chi connectivity index (χ0) is 28.7. The van der Waals surface area contributed by atoms with Gasteiger partial charge in [-0.15, -0.1) is 0 Å². The van der Waals surface area contributed by atoms with Crippen molar-refractivity contribution in [3.8, 4) is 0 Å². The molecule has 0 aliphatic rings. The van der Waals surface area contributed by atoms with Crippen molar-refractivity contribution in [1.29, 1.82) is 0 Å². The van der Waals surface area contributed by atoms with Gasteiger partial charge in [-0.05, 0) is 67.8 Å². The van der Waals surface area contributed by atoms with Crippen LogP contribution in [0.1, 0.15) is 39.8 Å². The second-order valence-electron chi connectivity index (χ2n) is 9.02. The fourth-order valence-corrected chi connectivity index (χ4v) is 4.83. The molecule has 0 radical (unpaired) electrons. The molecule has 0 atom stereocenters. The molecular weight excluding hydrogens is 543 g/mol. The average molecular weight is 572 g/mol. The number of nitrogens with zero attached hydrogens (tertiary/aromatic N) is 4. The fraction of sp³-hybridized carbons (Fsp3) is 0.296. The van der Waals surface area contributed by atoms with Gasteiger partial charge in [0.05, 0.1) is 35.0 Å². The molecule has 210 valence electrons. The van der Waals surface area contributed by atoms with Crippen molar-refractivity contribution in [2.75, 3.05) is 36.8 Å². The first-order valence-corrected chi connectivity index (χ1v) is 13.3. The van der Waals surface area contributed by atoms with Crippen molar-refractivity contribution >= 4 is 50.9 Å². The highest BCUT2D eigenvalue weighted by molar-refractivity contribution is 7.10. The summed E-state index contributed by atoms with van der Waals surface area (Å²) < 4.78 is 42.5. The highest BCUT2D eigenvalue weighted by Gasteiger charge is 2.30. The zero-order valence-corrected chi connectivity index (χ0v) is 22.7. The van der Waals surface area contributed by atoms with E-state index in [0.29, 0.717) is 45.3 Å². The van der Waals surface area contributed by atoms with Crippen LogP contribution in [0.5, 0.6) is 0 Å². The summed E-state index contributed by atoms with van der Waals surface area (Å²) in [5.41, 5.74) is 3.14. The highest BCUT2D eigenvalue weighted by Crippen LogP contribution is 2.28. The van der Waals surface area contributed by atoms with Crippen molar-refractivity contribution in [3.63, 3.8) is 0 Å². The molecule has 0 saturated carbocycles. The summed E-state index contributed by atoms with van der Waals surface area (Å²) in [5.74, 6) is -0.328. The van der Waals surface area contributed by atoms with E-state index in [1.165, 1.54) is 17.0 Å². The van der Waals surface area contributed by atoms with E-state index in [1.807, 2.05) is 24.3 Å². The van der Waals surface area contributed by atoms with Gasteiger partial charge < -0.3 is 16.0 Å². The smallest absolute Gasteiger partial charge is 0.351 e. The quantitative estimate of drug-likeness (QED) is 0.221. The SMILES string of the molecule is CCCN(CCNC(=O)c1ccc(NC(=O)c2c(C)nsc2Nc2cnc3ccccc3n2)cc1)CC(F)(F)F. The minimum absolute atomic E-state index is 0.0786. The summed E-state index contributed by atoms with van der Waals surface area (Å²) in [4.78, 5) is 35.7. The van der Waals surface area contributed by atoms with Gasteiger partial charge in [0.1, 0.15) is 10.8 Å². The van der Waals surface area contributed by atoms with E-state index >= 15 is 0 Å². The number of rotatable bonds is 11. The van der Waals surface area contributed by atoms with Gasteiger partial charge in [0, 0.05) is 24.3 Å². The molecule has 0 fully saturated rings. The van der Waals surface area contributed by atoms with Crippen LogP contribution in [0.15, 0.2) is 54.7 Å². The number of aromatic nitrogens is 3. The maximum absolute atomic E-state index is 13.1. The number of anilines is 3. The second kappa shape index (κ2) is 12.8. The minimum atomic E-state index is -4.29. The first kappa shape index (κ1) is 28.9. The molecule has 0 bridgehead atoms. The van der Waals surface area contributed by atoms with E-state index in [2.05, 4.69) is 30.3 Å². The van der Waals surface area contributed by atoms with Crippen LogP contribution in [-0.2, 0) is 0 Å². The molecule has 9 nitrogen and oxygen atoms in total. The van der Waals surface area contributed by atoms with Crippen molar-refractivity contribution in [3.05, 3.63) is 71.5 Å². The molecule has 2 aromatic carbocycles. The van der Waals surface area contributed by atoms with Crippen LogP contribution in [0, 0.1) is 6.92 Å². The van der Waals surface area contributed by atoms with Crippen LogP contribution in [0.4, 0.5) is 29.7 Å². The maximum Gasteiger partial charge on any atom is 0.401 e. The van der Waals surface area contributed by atoms with E-state index in [4.69, 9.17) is 0 Å². The first-order valence-electron chi connectivity index (χ1n) is 12.6. The summed E-state index contributed by atoms with van der Waals surface area (Å²) in [5, 5.41) is 9.09. The van der Waals surface area contributed by atoms with Gasteiger partial charge >= 0.3 is 6.18 Å². The summed E-state index contributed by atoms with van der Waals surface area (Å²) >= 11 is 1.13. The Labute approximate surface area is 233 Å². The number of nitrogens with one attached hydrogen (secondary N) is 3. The number of para-hydroxylation sites is 2. The monoisotopic (exact) mass is 571 g/mol. The lowest BCUT2D eigenvalue weighted by atomic mass is 10.1. The number of carbonyl (C=O) groups is 2. The van der Waals surface area contributed by atoms with E-state index in [1.54, 1.807) is 32.2 Å². The predicted octanol–water partition coefficient (Wildman–Crippen LogP) is 5.39. The number of alkyl halides is 3. The predicted molar refractivity (Wildman–Crippen MR) is 149 cm³/mol. The third-order valence-electron chi connectivity index (χ3n) is 5.84. The molecule has 0 saturated heterocycles. The van der Waals surface area contributed by atoms with Crippen LogP contribution < -0.4 is 16.0 Å². The summed E-state index contributed by atoms with van der Waals surface area (Å²) in [6.45, 7) is 2.96. The van der Waals surface area contributed by atoms with E-state index in [0.717, 1.165) is 17.0 Å². The van der Waals surface area contributed by atoms with E-state index in [9.17, 15) is 22.8 Å². The van der Waals surface area contributed by atoms with Crippen LogP contribution in [-0.4, -0.2) is 63.4 Å². The van der Waals surface area contributed by atoms with Crippen molar-refractivity contribution in [2.45, 2.75) is 26.4 Å². The second-order valence-corrected chi connectivity index (χ2v) is 9.79. The molecule has 4 rings (SSSR count). The van der Waals surface area contributed by atoms with Gasteiger partial charge in [0.25, 0.3) is 11.8 Å². The number of amides is 2. The molecule has 2 aromatic heterocycles. The summed E-state index contributed by atoms with van der Waals surface area (Å²) in [7, 11) is 0. The minimum Gasteiger partial charge on any atom is -0.351 e. The van der Waals surface area contributed by atoms with Gasteiger partial charge in [-0.25, -0.2) is 4.98 Å². The highest BCUT2D eigenvalue weighted by atomic mass is 32.1. The molecule has 2 amide bonds. The van der Waals surface area contributed by atoms with E-state index in [-0.39, 0.29) is 25.5 Å². The number of hydrogen-bond donors (Lipinski definition) is 3. The lowest BCUT2D eigenvalue weighted by molar-refractivity contribution is -0.145. The molecule has 3 N–H and O–H groups in total. The Kier molecular flexibility index (Phi) is 9.27. The Hall–Kier alpha value is -4.10. The molecule has 13 heteroatoms. The molecular formula is C27H28F3N7O2S. The normalized spacial score (nSPS) is 11.6. The van der Waals surface area contributed by atoms with Gasteiger partial charge in [-0.1, -0.05) is 19.1 Å². The summed E-state index contributed by atoms with van der Waals surface area (Å²) in [6, 6.07) is 13.7. The topological polar surface area (TPSA) is 112 Å². The van der Waals surface area contributed by atoms with Crippen LogP contribution in [0.3, 0.4) is 0 Å². The number of halogens is 3. The molecule has 40 heavy (non-hydrogen) atoms. The number of hydrogen-bond acceptors (Lipinski definition) is 8.